The van der Waals surface area contributed by atoms with E-state index in [9.17, 15) is 4.79 Å². The Bertz CT molecular complexity index is 662. The van der Waals surface area contributed by atoms with Gasteiger partial charge in [-0.25, -0.2) is 0 Å². The topological polar surface area (TPSA) is 57.2 Å². The van der Waals surface area contributed by atoms with E-state index in [2.05, 4.69) is 44.4 Å². The second kappa shape index (κ2) is 10.5. The van der Waals surface area contributed by atoms with Crippen molar-refractivity contribution >= 4 is 11.9 Å². The van der Waals surface area contributed by atoms with Gasteiger partial charge in [-0.1, -0.05) is 30.7 Å². The van der Waals surface area contributed by atoms with Crippen LogP contribution in [0, 0.1) is 5.92 Å². The summed E-state index contributed by atoms with van der Waals surface area (Å²) in [5.41, 5.74) is 2.73. The monoisotopic (exact) mass is 386 g/mol. The quantitative estimate of drug-likeness (QED) is 0.479. The van der Waals surface area contributed by atoms with Crippen LogP contribution in [-0.2, 0) is 22.6 Å². The fourth-order valence-electron chi connectivity index (χ4n) is 4.24. The van der Waals surface area contributed by atoms with Gasteiger partial charge in [0.1, 0.15) is 0 Å². The molecule has 0 spiro atoms. The van der Waals surface area contributed by atoms with Crippen LogP contribution in [0.5, 0.6) is 0 Å². The maximum Gasteiger partial charge on any atom is 0.308 e. The normalized spacial score (nSPS) is 19.5. The molecule has 1 aromatic rings. The number of benzene rings is 1. The number of esters is 1. The lowest BCUT2D eigenvalue weighted by molar-refractivity contribution is -0.146. The van der Waals surface area contributed by atoms with Crippen molar-refractivity contribution in [3.8, 4) is 0 Å². The number of rotatable bonds is 5. The number of nitrogens with one attached hydrogen (secondary N) is 1. The number of likely N-dealkylation sites (tertiary alicyclic amines) is 2. The van der Waals surface area contributed by atoms with Crippen LogP contribution in [0.4, 0.5) is 0 Å². The molecule has 0 unspecified atom stereocenters. The molecule has 2 fully saturated rings. The first kappa shape index (κ1) is 20.6. The van der Waals surface area contributed by atoms with E-state index in [0.29, 0.717) is 0 Å². The van der Waals surface area contributed by atoms with E-state index in [1.807, 2.05) is 7.05 Å². The standard InChI is InChI=1S/C22H34N4O2/c1-23-22(26-14-10-18(11-15-26)21(27)28-2)24-16-19-8-4-5-9-20(19)17-25-12-6-3-7-13-25/h4-5,8-9,18H,3,6-7,10-17H2,1-2H3,(H,23,24). The number of ether oxygens (including phenoxy) is 1. The average molecular weight is 387 g/mol. The summed E-state index contributed by atoms with van der Waals surface area (Å²) in [6.45, 7) is 5.87. The van der Waals surface area contributed by atoms with Gasteiger partial charge in [-0.05, 0) is 49.9 Å². The van der Waals surface area contributed by atoms with Gasteiger partial charge in [-0.15, -0.1) is 0 Å². The minimum Gasteiger partial charge on any atom is -0.469 e. The smallest absolute Gasteiger partial charge is 0.308 e. The van der Waals surface area contributed by atoms with Crippen LogP contribution in [0.1, 0.15) is 43.2 Å². The van der Waals surface area contributed by atoms with E-state index in [1.54, 1.807) is 0 Å². The Morgan fingerprint density at radius 3 is 2.43 bits per heavy atom. The summed E-state index contributed by atoms with van der Waals surface area (Å²) in [7, 11) is 3.30. The first-order valence-electron chi connectivity index (χ1n) is 10.5. The molecular formula is C22H34N4O2. The van der Waals surface area contributed by atoms with E-state index in [-0.39, 0.29) is 11.9 Å². The molecule has 2 aliphatic heterocycles. The van der Waals surface area contributed by atoms with Crippen LogP contribution < -0.4 is 5.32 Å². The van der Waals surface area contributed by atoms with Crippen molar-refractivity contribution in [2.75, 3.05) is 40.3 Å². The predicted octanol–water partition coefficient (Wildman–Crippen LogP) is 2.63. The summed E-state index contributed by atoms with van der Waals surface area (Å²) in [5.74, 6) is 0.843. The number of nitrogens with zero attached hydrogens (tertiary/aromatic N) is 3. The SMILES string of the molecule is CN=C(NCc1ccccc1CN1CCCCC1)N1CCC(C(=O)OC)CC1. The maximum atomic E-state index is 11.7. The van der Waals surface area contributed by atoms with Crippen molar-refractivity contribution in [3.05, 3.63) is 35.4 Å². The molecule has 0 saturated carbocycles. The molecule has 2 heterocycles. The summed E-state index contributed by atoms with van der Waals surface area (Å²) in [4.78, 5) is 21.0. The highest BCUT2D eigenvalue weighted by atomic mass is 16.5. The molecule has 154 valence electrons. The van der Waals surface area contributed by atoms with Gasteiger partial charge in [0.2, 0.25) is 0 Å². The van der Waals surface area contributed by atoms with E-state index in [4.69, 9.17) is 4.74 Å². The first-order chi connectivity index (χ1) is 13.7. The van der Waals surface area contributed by atoms with Gasteiger partial charge in [0.25, 0.3) is 0 Å². The molecule has 1 N–H and O–H groups in total. The maximum absolute atomic E-state index is 11.7. The number of carbonyl (C=O) groups excluding carboxylic acids is 1. The van der Waals surface area contributed by atoms with Crippen molar-refractivity contribution in [1.82, 2.24) is 15.1 Å². The highest BCUT2D eigenvalue weighted by Gasteiger charge is 2.27. The van der Waals surface area contributed by atoms with E-state index < -0.39 is 0 Å². The zero-order valence-corrected chi connectivity index (χ0v) is 17.3. The third kappa shape index (κ3) is 5.47. The second-order valence-electron chi connectivity index (χ2n) is 7.79. The van der Waals surface area contributed by atoms with Crippen molar-refractivity contribution in [3.63, 3.8) is 0 Å². The van der Waals surface area contributed by atoms with Crippen molar-refractivity contribution in [2.24, 2.45) is 10.9 Å². The molecule has 6 nitrogen and oxygen atoms in total. The molecule has 6 heteroatoms. The number of aliphatic imine (C=N–C) groups is 1. The van der Waals surface area contributed by atoms with Crippen LogP contribution in [-0.4, -0.2) is 62.1 Å². The highest BCUT2D eigenvalue weighted by Crippen LogP contribution is 2.19. The van der Waals surface area contributed by atoms with Gasteiger partial charge in [0.05, 0.1) is 13.0 Å². The molecule has 0 aromatic heterocycles. The molecule has 28 heavy (non-hydrogen) atoms. The van der Waals surface area contributed by atoms with Crippen LogP contribution in [0.15, 0.2) is 29.3 Å². The molecule has 0 amide bonds. The first-order valence-corrected chi connectivity index (χ1v) is 10.5. The molecule has 2 saturated heterocycles. The molecular weight excluding hydrogens is 352 g/mol. The van der Waals surface area contributed by atoms with Crippen LogP contribution in [0.3, 0.4) is 0 Å². The largest absolute Gasteiger partial charge is 0.469 e. The minimum atomic E-state index is -0.0887. The Balaban J connectivity index is 1.55. The second-order valence-corrected chi connectivity index (χ2v) is 7.79. The number of methoxy groups -OCH3 is 1. The van der Waals surface area contributed by atoms with E-state index in [0.717, 1.165) is 45.0 Å². The number of carbonyl (C=O) groups is 1. The molecule has 3 rings (SSSR count). The number of hydrogen-bond donors (Lipinski definition) is 1. The van der Waals surface area contributed by atoms with Gasteiger partial charge in [0, 0.05) is 33.2 Å². The summed E-state index contributed by atoms with van der Waals surface area (Å²) in [6, 6.07) is 8.70. The lowest BCUT2D eigenvalue weighted by atomic mass is 9.97. The van der Waals surface area contributed by atoms with Crippen molar-refractivity contribution < 1.29 is 9.53 Å². The summed E-state index contributed by atoms with van der Waals surface area (Å²) < 4.78 is 4.89. The molecule has 0 bridgehead atoms. The lowest BCUT2D eigenvalue weighted by Gasteiger charge is -2.33. The van der Waals surface area contributed by atoms with Crippen LogP contribution in [0.2, 0.25) is 0 Å². The van der Waals surface area contributed by atoms with E-state index in [1.165, 1.54) is 50.6 Å². The zero-order valence-electron chi connectivity index (χ0n) is 17.3. The van der Waals surface area contributed by atoms with Crippen molar-refractivity contribution in [2.45, 2.75) is 45.2 Å². The number of hydrogen-bond acceptors (Lipinski definition) is 4. The highest BCUT2D eigenvalue weighted by molar-refractivity contribution is 5.80. The molecule has 0 radical (unpaired) electrons. The molecule has 0 aliphatic carbocycles. The molecule has 2 aliphatic rings. The van der Waals surface area contributed by atoms with Gasteiger partial charge in [0.15, 0.2) is 5.96 Å². The Morgan fingerprint density at radius 1 is 1.11 bits per heavy atom. The average Bonchev–Trinajstić information content (AvgIpc) is 2.76. The third-order valence-corrected chi connectivity index (χ3v) is 5.94. The summed E-state index contributed by atoms with van der Waals surface area (Å²) in [5, 5.41) is 3.53. The third-order valence-electron chi connectivity index (χ3n) is 5.94. The van der Waals surface area contributed by atoms with Crippen molar-refractivity contribution in [1.29, 1.82) is 0 Å². The Morgan fingerprint density at radius 2 is 1.79 bits per heavy atom. The zero-order chi connectivity index (χ0) is 19.8. The lowest BCUT2D eigenvalue weighted by Crippen LogP contribution is -2.46. The predicted molar refractivity (Wildman–Crippen MR) is 112 cm³/mol. The minimum absolute atomic E-state index is 0.0182. The van der Waals surface area contributed by atoms with Crippen LogP contribution >= 0.6 is 0 Å². The summed E-state index contributed by atoms with van der Waals surface area (Å²) in [6.07, 6.45) is 5.63. The fourth-order valence-corrected chi connectivity index (χ4v) is 4.24. The molecule has 0 atom stereocenters. The van der Waals surface area contributed by atoms with Gasteiger partial charge < -0.3 is 15.0 Å². The summed E-state index contributed by atoms with van der Waals surface area (Å²) >= 11 is 0. The van der Waals surface area contributed by atoms with E-state index >= 15 is 0 Å². The van der Waals surface area contributed by atoms with Gasteiger partial charge in [-0.3, -0.25) is 14.7 Å². The fraction of sp³-hybridized carbons (Fsp3) is 0.636. The number of piperidine rings is 2. The van der Waals surface area contributed by atoms with Gasteiger partial charge in [-0.2, -0.15) is 0 Å². The Hall–Kier alpha value is -2.08. The Kier molecular flexibility index (Phi) is 7.71. The molecule has 1 aromatic carbocycles. The Labute approximate surface area is 168 Å². The van der Waals surface area contributed by atoms with Crippen LogP contribution in [0.25, 0.3) is 0 Å². The number of guanidine groups is 1. The van der Waals surface area contributed by atoms with Gasteiger partial charge >= 0.3 is 5.97 Å².